The van der Waals surface area contributed by atoms with Gasteiger partial charge in [0.2, 0.25) is 0 Å². The van der Waals surface area contributed by atoms with Gasteiger partial charge in [0.1, 0.15) is 0 Å². The first-order valence-corrected chi connectivity index (χ1v) is 30.2. The molecule has 4 aliphatic heterocycles. The minimum atomic E-state index is -1.95. The van der Waals surface area contributed by atoms with Crippen LogP contribution in [0, 0.1) is 6.92 Å². The van der Waals surface area contributed by atoms with E-state index in [0.717, 1.165) is 33.2 Å². The van der Waals surface area contributed by atoms with Crippen LogP contribution < -0.4 is 4.90 Å². The van der Waals surface area contributed by atoms with E-state index in [1.54, 1.807) is 6.92 Å². The molecule has 8 amide bonds. The van der Waals surface area contributed by atoms with Gasteiger partial charge in [-0.3, -0.25) is 62.6 Å². The summed E-state index contributed by atoms with van der Waals surface area (Å²) in [4.78, 5) is 143. The molecule has 5 aromatic rings. The van der Waals surface area contributed by atoms with Crippen LogP contribution in [0.2, 0.25) is 38.3 Å². The number of unbranched alkanes of at least 4 members (excludes halogenated alkanes) is 1. The first-order valence-electron chi connectivity index (χ1n) is 23.9. The van der Waals surface area contributed by atoms with Gasteiger partial charge in [0.25, 0.3) is 47.3 Å². The molecule has 0 saturated carbocycles. The van der Waals surface area contributed by atoms with Crippen LogP contribution in [0.3, 0.4) is 0 Å². The van der Waals surface area contributed by atoms with Crippen molar-refractivity contribution < 1.29 is 62.0 Å². The van der Waals surface area contributed by atoms with Crippen molar-refractivity contribution in [3.05, 3.63) is 169 Å². The first kappa shape index (κ1) is 52.2. The molecular weight excluding hydrogens is 981 g/mol. The lowest BCUT2D eigenvalue weighted by atomic mass is 9.96. The third kappa shape index (κ3) is 9.63. The van der Waals surface area contributed by atoms with Gasteiger partial charge in [0.05, 0.1) is 55.8 Å². The summed E-state index contributed by atoms with van der Waals surface area (Å²) in [5.74, 6) is -5.97. The minimum absolute atomic E-state index is 0.00591. The molecule has 0 saturated heterocycles. The Morgan fingerprint density at radius 3 is 1.28 bits per heavy atom. The van der Waals surface area contributed by atoms with E-state index in [0.29, 0.717) is 18.5 Å². The Hall–Kier alpha value is -8.14. The molecule has 17 nitrogen and oxygen atoms in total. The normalized spacial score (nSPS) is 14.9. The Bertz CT molecular complexity index is 3380. The van der Waals surface area contributed by atoms with Gasteiger partial charge < -0.3 is 9.22 Å². The number of hydrogen-bond acceptors (Lipinski definition) is 12. The maximum Gasteiger partial charge on any atom is 0.335 e. The monoisotopic (exact) mass is 1030 g/mol. The quantitative estimate of drug-likeness (QED) is 0.0592. The Labute approximate surface area is 427 Å². The number of imide groups is 4. The van der Waals surface area contributed by atoms with E-state index in [1.807, 2.05) is 0 Å². The molecule has 4 aliphatic rings. The fourth-order valence-electron chi connectivity index (χ4n) is 9.72. The molecule has 0 bridgehead atoms. The summed E-state index contributed by atoms with van der Waals surface area (Å²) in [5, 5.41) is 9.32. The minimum Gasteiger partial charge on any atom is -0.478 e. The van der Waals surface area contributed by atoms with Crippen molar-refractivity contribution in [1.29, 1.82) is 0 Å². The molecule has 0 radical (unpaired) electrons. The van der Waals surface area contributed by atoms with Crippen LogP contribution in [0.5, 0.6) is 0 Å². The number of nitrogens with zero attached hydrogens (tertiary/aromatic N) is 4. The highest BCUT2D eigenvalue weighted by Gasteiger charge is 2.40. The van der Waals surface area contributed by atoms with Gasteiger partial charge in [-0.1, -0.05) is 44.0 Å². The van der Waals surface area contributed by atoms with Crippen molar-refractivity contribution in [3.8, 4) is 0 Å². The van der Waals surface area contributed by atoms with E-state index in [9.17, 15) is 57.8 Å². The maximum absolute atomic E-state index is 13.2. The van der Waals surface area contributed by atoms with Crippen LogP contribution >= 0.6 is 0 Å². The molecule has 0 atom stereocenters. The lowest BCUT2D eigenvalue weighted by molar-refractivity contribution is 0.0645. The Kier molecular flexibility index (Phi) is 13.9. The number of aromatic carboxylic acids is 1. The number of anilines is 1. The van der Waals surface area contributed by atoms with Crippen molar-refractivity contribution in [2.45, 2.75) is 71.4 Å². The average molecular weight is 1030 g/mol. The van der Waals surface area contributed by atoms with E-state index in [1.165, 1.54) is 116 Å². The molecule has 378 valence electrons. The molecule has 0 aromatic heterocycles. The summed E-state index contributed by atoms with van der Waals surface area (Å²) in [7, 11) is -0.932. The number of carbonyl (C=O) groups is 11. The van der Waals surface area contributed by atoms with Gasteiger partial charge in [-0.05, 0) is 124 Å². The standard InChI is InChI=1S/C29H36N2O6Si2.C26H16N2O7/c1-7-8-15-38(3,4)37-39(5,6)16-9-14-31-28(35)22-13-11-20(18-24(22)29(31)36)25(32)19-10-12-21-23(17-19)27(34)30(2)26(21)33;1-12-7-15(26(34)35)9-16(8-12)28-24(32)18-6-4-14(11-20(18)25(28)33)21(29)13-3-5-17-19(10-13)23(31)27(2)22(17)30/h10-13,17-18H,7-9,14-16H2,1-6H3;3-11H,1-2H3,(H,34,35). The van der Waals surface area contributed by atoms with Gasteiger partial charge in [0.15, 0.2) is 28.2 Å². The molecule has 5 aromatic carbocycles. The first-order chi connectivity index (χ1) is 34.8. The summed E-state index contributed by atoms with van der Waals surface area (Å²) in [6.07, 6.45) is 3.00. The van der Waals surface area contributed by atoms with E-state index in [2.05, 4.69) is 33.1 Å². The van der Waals surface area contributed by atoms with Crippen molar-refractivity contribution >= 4 is 87.1 Å². The summed E-state index contributed by atoms with van der Waals surface area (Å²) in [5.41, 5.74) is 2.70. The van der Waals surface area contributed by atoms with Gasteiger partial charge >= 0.3 is 5.97 Å². The summed E-state index contributed by atoms with van der Waals surface area (Å²) in [6, 6.07) is 23.3. The molecule has 0 fully saturated rings. The highest BCUT2D eigenvalue weighted by molar-refractivity contribution is 6.84. The highest BCUT2D eigenvalue weighted by Crippen LogP contribution is 2.33. The predicted molar refractivity (Wildman–Crippen MR) is 275 cm³/mol. The number of ketones is 2. The molecule has 1 N–H and O–H groups in total. The SMILES string of the molecule is CCCC[Si](C)(C)O[Si](C)(C)CCCN1C(=O)c2ccc(C(=O)c3ccc4c(c3)C(=O)N(C)C4=O)cc2C1=O.Cc1cc(C(=O)O)cc(N2C(=O)c3ccc(C(=O)c4ccc5c(c4)C(=O)N(C)C5=O)cc3C2=O)c1. The fourth-order valence-corrected chi connectivity index (χ4v) is 18.7. The van der Waals surface area contributed by atoms with Crippen LogP contribution in [0.15, 0.2) is 91.0 Å². The molecule has 74 heavy (non-hydrogen) atoms. The zero-order valence-corrected chi connectivity index (χ0v) is 44.0. The zero-order chi connectivity index (χ0) is 53.9. The number of carbonyl (C=O) groups excluding carboxylic acids is 10. The molecule has 0 unspecified atom stereocenters. The number of benzene rings is 5. The third-order valence-corrected chi connectivity index (χ3v) is 21.0. The van der Waals surface area contributed by atoms with Gasteiger partial charge in [-0.2, -0.15) is 0 Å². The fraction of sp³-hybridized carbons (Fsp3) is 0.255. The number of aryl methyl sites for hydroxylation is 1. The molecular formula is C55H52N4O13Si2. The van der Waals surface area contributed by atoms with Gasteiger partial charge in [-0.25, -0.2) is 9.69 Å². The van der Waals surface area contributed by atoms with Crippen LogP contribution in [-0.2, 0) is 4.12 Å². The summed E-state index contributed by atoms with van der Waals surface area (Å²) < 4.78 is 6.65. The Morgan fingerprint density at radius 2 is 0.838 bits per heavy atom. The van der Waals surface area contributed by atoms with E-state index in [4.69, 9.17) is 4.12 Å². The summed E-state index contributed by atoms with van der Waals surface area (Å²) in [6.45, 7) is 13.1. The van der Waals surface area contributed by atoms with E-state index < -0.39 is 75.5 Å². The number of carboxylic acid groups (broad SMARTS) is 1. The summed E-state index contributed by atoms with van der Waals surface area (Å²) >= 11 is 0. The zero-order valence-electron chi connectivity index (χ0n) is 42.0. The molecule has 19 heteroatoms. The second-order valence-electron chi connectivity index (χ2n) is 19.9. The topological polar surface area (TPSA) is 230 Å². The van der Waals surface area contributed by atoms with Crippen LogP contribution in [0.25, 0.3) is 0 Å². The van der Waals surface area contributed by atoms with Crippen molar-refractivity contribution in [2.24, 2.45) is 0 Å². The molecule has 9 rings (SSSR count). The number of fused-ring (bicyclic) bond motifs is 4. The van der Waals surface area contributed by atoms with Crippen LogP contribution in [0.4, 0.5) is 5.69 Å². The van der Waals surface area contributed by atoms with Crippen molar-refractivity contribution in [3.63, 3.8) is 0 Å². The van der Waals surface area contributed by atoms with Gasteiger partial charge in [-0.15, -0.1) is 0 Å². The average Bonchev–Trinajstić information content (AvgIpc) is 3.94. The largest absolute Gasteiger partial charge is 0.478 e. The number of carboxylic acids is 1. The second kappa shape index (κ2) is 19.7. The maximum atomic E-state index is 13.2. The number of amides is 8. The lowest BCUT2D eigenvalue weighted by Crippen LogP contribution is -2.44. The number of hydrogen-bond donors (Lipinski definition) is 1. The van der Waals surface area contributed by atoms with Crippen LogP contribution in [-0.4, -0.2) is 122 Å². The van der Waals surface area contributed by atoms with Crippen molar-refractivity contribution in [2.75, 3.05) is 25.5 Å². The molecule has 0 aliphatic carbocycles. The smallest absolute Gasteiger partial charge is 0.335 e. The van der Waals surface area contributed by atoms with E-state index in [-0.39, 0.29) is 83.9 Å². The predicted octanol–water partition coefficient (Wildman–Crippen LogP) is 8.31. The number of rotatable bonds is 15. The highest BCUT2D eigenvalue weighted by atomic mass is 28.4. The van der Waals surface area contributed by atoms with Crippen LogP contribution in [0.1, 0.15) is 157 Å². The lowest BCUT2D eigenvalue weighted by Gasteiger charge is -2.34. The van der Waals surface area contributed by atoms with E-state index >= 15 is 0 Å². The second-order valence-corrected chi connectivity index (χ2v) is 28.8. The Balaban J connectivity index is 0.000000198. The molecule has 4 heterocycles. The molecule has 0 spiro atoms. The Morgan fingerprint density at radius 1 is 0.473 bits per heavy atom. The third-order valence-electron chi connectivity index (χ3n) is 13.5. The van der Waals surface area contributed by atoms with Gasteiger partial charge in [0, 0.05) is 42.9 Å². The van der Waals surface area contributed by atoms with Crippen molar-refractivity contribution in [1.82, 2.24) is 14.7 Å².